The van der Waals surface area contributed by atoms with Crippen LogP contribution in [0.2, 0.25) is 0 Å². The molecule has 158 valence electrons. The minimum atomic E-state index is -0.311. The van der Waals surface area contributed by atoms with Crippen LogP contribution < -0.4 is 20.9 Å². The molecule has 3 rings (SSSR count). The Labute approximate surface area is 176 Å². The van der Waals surface area contributed by atoms with Crippen molar-refractivity contribution in [3.8, 4) is 0 Å². The Kier molecular flexibility index (Phi) is 7.00. The van der Waals surface area contributed by atoms with E-state index in [1.807, 2.05) is 12.1 Å². The van der Waals surface area contributed by atoms with Crippen molar-refractivity contribution in [1.82, 2.24) is 10.3 Å². The molecule has 2 aromatic rings. The number of benzene rings is 1. The fourth-order valence-corrected chi connectivity index (χ4v) is 3.43. The first-order valence-electron chi connectivity index (χ1n) is 10.1. The van der Waals surface area contributed by atoms with Gasteiger partial charge in [0.2, 0.25) is 11.8 Å². The third-order valence-corrected chi connectivity index (χ3v) is 4.78. The summed E-state index contributed by atoms with van der Waals surface area (Å²) in [6.07, 6.45) is 5.43. The lowest BCUT2D eigenvalue weighted by atomic mass is 10.1. The summed E-state index contributed by atoms with van der Waals surface area (Å²) < 4.78 is 0. The Balaban J connectivity index is 1.66. The zero-order valence-corrected chi connectivity index (χ0v) is 17.3. The number of carbonyl (C=O) groups excluding carboxylic acids is 3. The van der Waals surface area contributed by atoms with Gasteiger partial charge in [-0.05, 0) is 49.1 Å². The van der Waals surface area contributed by atoms with Crippen molar-refractivity contribution < 1.29 is 14.4 Å². The number of amides is 3. The van der Waals surface area contributed by atoms with Gasteiger partial charge in [-0.25, -0.2) is 4.98 Å². The minimum Gasteiger partial charge on any atom is -0.357 e. The number of anilines is 3. The molecule has 1 fully saturated rings. The highest BCUT2D eigenvalue weighted by Gasteiger charge is 2.13. The lowest BCUT2D eigenvalue weighted by Gasteiger charge is -2.27. The Bertz CT molecular complexity index is 887. The number of nitrogens with zero attached hydrogens (tertiary/aromatic N) is 2. The Morgan fingerprint density at radius 2 is 1.57 bits per heavy atom. The fourth-order valence-electron chi connectivity index (χ4n) is 3.43. The van der Waals surface area contributed by atoms with Gasteiger partial charge < -0.3 is 20.9 Å². The summed E-state index contributed by atoms with van der Waals surface area (Å²) in [5, 5.41) is 8.14. The van der Waals surface area contributed by atoms with E-state index in [4.69, 9.17) is 0 Å². The van der Waals surface area contributed by atoms with Crippen LogP contribution in [0, 0.1) is 0 Å². The maximum atomic E-state index is 12.6. The molecule has 0 aliphatic carbocycles. The molecule has 1 aromatic heterocycles. The molecule has 30 heavy (non-hydrogen) atoms. The first-order chi connectivity index (χ1) is 14.4. The van der Waals surface area contributed by atoms with E-state index >= 15 is 0 Å². The van der Waals surface area contributed by atoms with Crippen molar-refractivity contribution in [2.24, 2.45) is 0 Å². The van der Waals surface area contributed by atoms with Gasteiger partial charge in [-0.15, -0.1) is 0 Å². The SMILES string of the molecule is CC(=O)Nc1cc(NC(C)=O)cc(C(=O)NCc2ccc(N3CCCCC3)nc2)c1. The van der Waals surface area contributed by atoms with Crippen molar-refractivity contribution in [2.75, 3.05) is 28.6 Å². The predicted octanol–water partition coefficient (Wildman–Crippen LogP) is 2.92. The second kappa shape index (κ2) is 9.87. The highest BCUT2D eigenvalue weighted by Crippen LogP contribution is 2.20. The van der Waals surface area contributed by atoms with Crippen molar-refractivity contribution in [2.45, 2.75) is 39.7 Å². The van der Waals surface area contributed by atoms with Gasteiger partial charge in [-0.1, -0.05) is 6.07 Å². The average Bonchev–Trinajstić information content (AvgIpc) is 2.72. The number of carbonyl (C=O) groups is 3. The number of pyridine rings is 1. The second-order valence-electron chi connectivity index (χ2n) is 7.42. The average molecular weight is 409 g/mol. The molecule has 2 heterocycles. The van der Waals surface area contributed by atoms with Crippen LogP contribution in [-0.2, 0) is 16.1 Å². The van der Waals surface area contributed by atoms with Crippen LogP contribution in [0.15, 0.2) is 36.5 Å². The zero-order valence-electron chi connectivity index (χ0n) is 17.3. The summed E-state index contributed by atoms with van der Waals surface area (Å²) in [6.45, 7) is 5.15. The van der Waals surface area contributed by atoms with Gasteiger partial charge in [0, 0.05) is 56.6 Å². The number of aromatic nitrogens is 1. The van der Waals surface area contributed by atoms with Crippen LogP contribution in [0.3, 0.4) is 0 Å². The van der Waals surface area contributed by atoms with E-state index in [1.165, 1.54) is 33.1 Å². The quantitative estimate of drug-likeness (QED) is 0.681. The minimum absolute atomic E-state index is 0.263. The monoisotopic (exact) mass is 409 g/mol. The summed E-state index contributed by atoms with van der Waals surface area (Å²) in [5.41, 5.74) is 2.10. The molecule has 1 aliphatic heterocycles. The van der Waals surface area contributed by atoms with E-state index in [0.29, 0.717) is 23.5 Å². The normalized spacial score (nSPS) is 13.5. The molecule has 0 radical (unpaired) electrons. The third-order valence-electron chi connectivity index (χ3n) is 4.78. The number of nitrogens with one attached hydrogen (secondary N) is 3. The molecule has 0 unspecified atom stereocenters. The maximum Gasteiger partial charge on any atom is 0.251 e. The summed E-state index contributed by atoms with van der Waals surface area (Å²) in [5.74, 6) is 0.129. The maximum absolute atomic E-state index is 12.6. The Morgan fingerprint density at radius 1 is 0.933 bits per heavy atom. The first-order valence-corrected chi connectivity index (χ1v) is 10.1. The van der Waals surface area contributed by atoms with Gasteiger partial charge in [0.05, 0.1) is 0 Å². The summed E-state index contributed by atoms with van der Waals surface area (Å²) in [7, 11) is 0. The highest BCUT2D eigenvalue weighted by atomic mass is 16.2. The molecule has 1 aromatic carbocycles. The molecule has 0 atom stereocenters. The van der Waals surface area contributed by atoms with E-state index < -0.39 is 0 Å². The highest BCUT2D eigenvalue weighted by molar-refractivity contribution is 5.99. The molecule has 1 saturated heterocycles. The van der Waals surface area contributed by atoms with Crippen LogP contribution in [0.4, 0.5) is 17.2 Å². The van der Waals surface area contributed by atoms with Gasteiger partial charge in [0.15, 0.2) is 0 Å². The summed E-state index contributed by atoms with van der Waals surface area (Å²) in [4.78, 5) is 42.2. The Hall–Kier alpha value is -3.42. The van der Waals surface area contributed by atoms with Gasteiger partial charge in [-0.2, -0.15) is 0 Å². The summed E-state index contributed by atoms with van der Waals surface area (Å²) >= 11 is 0. The van der Waals surface area contributed by atoms with E-state index in [0.717, 1.165) is 24.5 Å². The molecular weight excluding hydrogens is 382 g/mol. The standard InChI is InChI=1S/C22H27N5O3/c1-15(28)25-19-10-18(11-20(12-19)26-16(2)29)22(30)24-14-17-6-7-21(23-13-17)27-8-4-3-5-9-27/h6-7,10-13H,3-5,8-9,14H2,1-2H3,(H,24,30)(H,25,28)(H,26,29). The second-order valence-corrected chi connectivity index (χ2v) is 7.42. The molecule has 0 saturated carbocycles. The van der Waals surface area contributed by atoms with Crippen LogP contribution in [-0.4, -0.2) is 35.8 Å². The molecular formula is C22H27N5O3. The molecule has 3 amide bonds. The van der Waals surface area contributed by atoms with Crippen molar-refractivity contribution in [3.63, 3.8) is 0 Å². The lowest BCUT2D eigenvalue weighted by molar-refractivity contribution is -0.115. The van der Waals surface area contributed by atoms with E-state index in [2.05, 4.69) is 25.8 Å². The van der Waals surface area contributed by atoms with Crippen molar-refractivity contribution in [3.05, 3.63) is 47.7 Å². The van der Waals surface area contributed by atoms with E-state index in [-0.39, 0.29) is 17.7 Å². The van der Waals surface area contributed by atoms with Crippen LogP contribution in [0.1, 0.15) is 49.0 Å². The number of piperidine rings is 1. The van der Waals surface area contributed by atoms with Gasteiger partial charge in [0.25, 0.3) is 5.91 Å². The number of rotatable bonds is 6. The number of hydrogen-bond donors (Lipinski definition) is 3. The predicted molar refractivity (Wildman–Crippen MR) is 117 cm³/mol. The van der Waals surface area contributed by atoms with Crippen molar-refractivity contribution in [1.29, 1.82) is 0 Å². The molecule has 1 aliphatic rings. The van der Waals surface area contributed by atoms with E-state index in [9.17, 15) is 14.4 Å². The van der Waals surface area contributed by atoms with E-state index in [1.54, 1.807) is 24.4 Å². The molecule has 0 spiro atoms. The third kappa shape index (κ3) is 6.04. The molecule has 8 nitrogen and oxygen atoms in total. The molecule has 3 N–H and O–H groups in total. The fraction of sp³-hybridized carbons (Fsp3) is 0.364. The summed E-state index contributed by atoms with van der Waals surface area (Å²) in [6, 6.07) is 8.69. The zero-order chi connectivity index (χ0) is 21.5. The first kappa shape index (κ1) is 21.3. The van der Waals surface area contributed by atoms with Gasteiger partial charge in [-0.3, -0.25) is 14.4 Å². The van der Waals surface area contributed by atoms with Crippen LogP contribution in [0.5, 0.6) is 0 Å². The molecule has 8 heteroatoms. The van der Waals surface area contributed by atoms with Gasteiger partial charge >= 0.3 is 0 Å². The topological polar surface area (TPSA) is 103 Å². The smallest absolute Gasteiger partial charge is 0.251 e. The largest absolute Gasteiger partial charge is 0.357 e. The lowest BCUT2D eigenvalue weighted by Crippen LogP contribution is -2.30. The number of hydrogen-bond acceptors (Lipinski definition) is 5. The Morgan fingerprint density at radius 3 is 2.10 bits per heavy atom. The van der Waals surface area contributed by atoms with Crippen LogP contribution in [0.25, 0.3) is 0 Å². The van der Waals surface area contributed by atoms with Crippen molar-refractivity contribution >= 4 is 34.9 Å². The van der Waals surface area contributed by atoms with Crippen LogP contribution >= 0.6 is 0 Å². The molecule has 0 bridgehead atoms. The van der Waals surface area contributed by atoms with Gasteiger partial charge in [0.1, 0.15) is 5.82 Å².